The molecule has 0 aromatic rings. The quantitative estimate of drug-likeness (QED) is 0.631. The average Bonchev–Trinajstić information content (AvgIpc) is 3.24. The first-order chi connectivity index (χ1) is 12.1. The molecular weight excluding hydrogens is 308 g/mol. The minimum atomic E-state index is -0.00867. The minimum absolute atomic E-state index is 0.00867. The zero-order valence-electron chi connectivity index (χ0n) is 16.0. The Morgan fingerprint density at radius 1 is 0.880 bits per heavy atom. The van der Waals surface area contributed by atoms with Crippen LogP contribution in [0, 0.1) is 40.4 Å². The van der Waals surface area contributed by atoms with E-state index in [9.17, 15) is 5.11 Å². The van der Waals surface area contributed by atoms with Crippen molar-refractivity contribution in [3.63, 3.8) is 0 Å². The minimum Gasteiger partial charge on any atom is -0.393 e. The Morgan fingerprint density at radius 2 is 1.76 bits per heavy atom. The van der Waals surface area contributed by atoms with Crippen LogP contribution < -0.4 is 0 Å². The number of hydrogen-bond acceptors (Lipinski definition) is 2. The molecular formula is C23H36O2. The molecule has 1 heterocycles. The van der Waals surface area contributed by atoms with Crippen LogP contribution in [-0.2, 0) is 4.74 Å². The SMILES string of the molecule is C[C@]12CC[C@@H](O)C[C@@H]1CCC1C3CCC4C5(CCC[C@]34CCC12)CO5. The van der Waals surface area contributed by atoms with E-state index in [0.29, 0.717) is 16.4 Å². The molecule has 6 aliphatic rings. The summed E-state index contributed by atoms with van der Waals surface area (Å²) in [6.45, 7) is 3.70. The molecule has 2 nitrogen and oxygen atoms in total. The van der Waals surface area contributed by atoms with Gasteiger partial charge in [0.05, 0.1) is 18.3 Å². The topological polar surface area (TPSA) is 32.8 Å². The lowest BCUT2D eigenvalue weighted by Gasteiger charge is -2.62. The van der Waals surface area contributed by atoms with Crippen LogP contribution in [0.5, 0.6) is 0 Å². The first-order valence-corrected chi connectivity index (χ1v) is 11.4. The van der Waals surface area contributed by atoms with Crippen molar-refractivity contribution < 1.29 is 9.84 Å². The molecule has 2 spiro atoms. The Bertz CT molecular complexity index is 568. The van der Waals surface area contributed by atoms with Crippen LogP contribution in [0.3, 0.4) is 0 Å². The lowest BCUT2D eigenvalue weighted by atomic mass is 9.43. The molecule has 1 aliphatic heterocycles. The zero-order chi connectivity index (χ0) is 16.9. The van der Waals surface area contributed by atoms with Crippen molar-refractivity contribution in [2.24, 2.45) is 40.4 Å². The smallest absolute Gasteiger partial charge is 0.0949 e. The normalized spacial score (nSPS) is 62.6. The highest BCUT2D eigenvalue weighted by Crippen LogP contribution is 2.73. The van der Waals surface area contributed by atoms with Crippen LogP contribution >= 0.6 is 0 Å². The highest BCUT2D eigenvalue weighted by atomic mass is 16.6. The second-order valence-corrected chi connectivity index (χ2v) is 11.2. The molecule has 1 N–H and O–H groups in total. The van der Waals surface area contributed by atoms with Gasteiger partial charge in [0.1, 0.15) is 0 Å². The van der Waals surface area contributed by atoms with Crippen LogP contribution in [0.4, 0.5) is 0 Å². The molecule has 0 aromatic carbocycles. The zero-order valence-corrected chi connectivity index (χ0v) is 16.0. The first kappa shape index (κ1) is 15.9. The summed E-state index contributed by atoms with van der Waals surface area (Å²) >= 11 is 0. The van der Waals surface area contributed by atoms with Gasteiger partial charge in [-0.05, 0) is 117 Å². The number of rotatable bonds is 0. The molecule has 5 saturated carbocycles. The monoisotopic (exact) mass is 344 g/mol. The van der Waals surface area contributed by atoms with Crippen molar-refractivity contribution in [1.82, 2.24) is 0 Å². The van der Waals surface area contributed by atoms with Gasteiger partial charge in [-0.25, -0.2) is 0 Å². The fourth-order valence-corrected chi connectivity index (χ4v) is 9.65. The largest absolute Gasteiger partial charge is 0.393 e. The molecule has 25 heavy (non-hydrogen) atoms. The predicted octanol–water partition coefficient (Wildman–Crippen LogP) is 4.94. The van der Waals surface area contributed by atoms with E-state index in [-0.39, 0.29) is 6.10 Å². The Kier molecular flexibility index (Phi) is 3.21. The van der Waals surface area contributed by atoms with E-state index in [2.05, 4.69) is 6.92 Å². The summed E-state index contributed by atoms with van der Waals surface area (Å²) < 4.78 is 6.12. The molecule has 0 amide bonds. The second kappa shape index (κ2) is 5.04. The van der Waals surface area contributed by atoms with E-state index in [4.69, 9.17) is 4.74 Å². The van der Waals surface area contributed by atoms with E-state index in [1.54, 1.807) is 0 Å². The Balaban J connectivity index is 1.33. The molecule has 0 aromatic heterocycles. The van der Waals surface area contributed by atoms with E-state index >= 15 is 0 Å². The van der Waals surface area contributed by atoms with Crippen LogP contribution in [0.15, 0.2) is 0 Å². The third-order valence-electron chi connectivity index (χ3n) is 10.7. The van der Waals surface area contributed by atoms with E-state index in [0.717, 1.165) is 49.0 Å². The molecule has 9 atom stereocenters. The summed E-state index contributed by atoms with van der Waals surface area (Å²) in [6, 6.07) is 0. The van der Waals surface area contributed by atoms with Gasteiger partial charge in [0.25, 0.3) is 0 Å². The van der Waals surface area contributed by atoms with Gasteiger partial charge in [0, 0.05) is 0 Å². The third kappa shape index (κ3) is 1.94. The van der Waals surface area contributed by atoms with Crippen molar-refractivity contribution in [3.8, 4) is 0 Å². The van der Waals surface area contributed by atoms with Gasteiger partial charge < -0.3 is 9.84 Å². The van der Waals surface area contributed by atoms with Gasteiger partial charge in [0.2, 0.25) is 0 Å². The molecule has 0 radical (unpaired) electrons. The molecule has 6 fully saturated rings. The Hall–Kier alpha value is -0.0800. The van der Waals surface area contributed by atoms with Crippen molar-refractivity contribution in [2.45, 2.75) is 95.7 Å². The average molecular weight is 345 g/mol. The van der Waals surface area contributed by atoms with Crippen LogP contribution in [0.1, 0.15) is 84.0 Å². The van der Waals surface area contributed by atoms with E-state index in [1.807, 2.05) is 0 Å². The van der Waals surface area contributed by atoms with Gasteiger partial charge in [-0.1, -0.05) is 6.92 Å². The molecule has 140 valence electrons. The maximum atomic E-state index is 10.2. The summed E-state index contributed by atoms with van der Waals surface area (Å²) in [7, 11) is 0. The summed E-state index contributed by atoms with van der Waals surface area (Å²) in [5, 5.41) is 10.2. The number of fused-ring (bicyclic) bond motifs is 5. The summed E-state index contributed by atoms with van der Waals surface area (Å²) in [5.41, 5.74) is 1.54. The van der Waals surface area contributed by atoms with Gasteiger partial charge in [0.15, 0.2) is 0 Å². The van der Waals surface area contributed by atoms with E-state index < -0.39 is 0 Å². The summed E-state index contributed by atoms with van der Waals surface area (Å²) in [6.07, 6.45) is 16.5. The van der Waals surface area contributed by atoms with Gasteiger partial charge in [-0.2, -0.15) is 0 Å². The molecule has 6 rings (SSSR count). The van der Waals surface area contributed by atoms with Gasteiger partial charge >= 0.3 is 0 Å². The van der Waals surface area contributed by atoms with Crippen molar-refractivity contribution >= 4 is 0 Å². The first-order valence-electron chi connectivity index (χ1n) is 11.4. The molecule has 5 unspecified atom stereocenters. The standard InChI is InChI=1S/C23H36O2/c1-21-11-7-16(24)13-15(21)3-4-17-18(21)8-12-22-9-2-10-23(14-25-23)20(22)6-5-19(17)22/h15-20,24H,2-14H2,1H3/t15-,16+,17?,18?,19?,20?,21-,22-,23?/m0/s1. The predicted molar refractivity (Wildman–Crippen MR) is 98.1 cm³/mol. The molecule has 0 bridgehead atoms. The van der Waals surface area contributed by atoms with Crippen LogP contribution in [-0.4, -0.2) is 23.4 Å². The van der Waals surface area contributed by atoms with E-state index in [1.165, 1.54) is 64.2 Å². The molecule has 1 saturated heterocycles. The van der Waals surface area contributed by atoms with Crippen molar-refractivity contribution in [2.75, 3.05) is 6.61 Å². The highest BCUT2D eigenvalue weighted by molar-refractivity contribution is 5.18. The van der Waals surface area contributed by atoms with Crippen molar-refractivity contribution in [1.29, 1.82) is 0 Å². The number of aliphatic hydroxyl groups excluding tert-OH is 1. The number of ether oxygens (including phenoxy) is 1. The maximum absolute atomic E-state index is 10.2. The fourth-order valence-electron chi connectivity index (χ4n) is 9.65. The lowest BCUT2D eigenvalue weighted by Crippen LogP contribution is -2.56. The van der Waals surface area contributed by atoms with Crippen molar-refractivity contribution in [3.05, 3.63) is 0 Å². The van der Waals surface area contributed by atoms with Crippen LogP contribution in [0.2, 0.25) is 0 Å². The highest BCUT2D eigenvalue weighted by Gasteiger charge is 2.69. The second-order valence-electron chi connectivity index (χ2n) is 11.2. The fraction of sp³-hybridized carbons (Fsp3) is 1.00. The number of hydrogen-bond donors (Lipinski definition) is 1. The van der Waals surface area contributed by atoms with Crippen LogP contribution in [0.25, 0.3) is 0 Å². The van der Waals surface area contributed by atoms with Gasteiger partial charge in [-0.15, -0.1) is 0 Å². The summed E-state index contributed by atoms with van der Waals surface area (Å²) in [5.74, 6) is 4.64. The maximum Gasteiger partial charge on any atom is 0.0949 e. The lowest BCUT2D eigenvalue weighted by molar-refractivity contribution is -0.142. The number of epoxide rings is 1. The molecule has 2 heteroatoms. The summed E-state index contributed by atoms with van der Waals surface area (Å²) in [4.78, 5) is 0. The Labute approximate surface area is 153 Å². The van der Waals surface area contributed by atoms with Gasteiger partial charge in [-0.3, -0.25) is 0 Å². The molecule has 5 aliphatic carbocycles. The number of aliphatic hydroxyl groups is 1. The Morgan fingerprint density at radius 3 is 2.60 bits per heavy atom. The third-order valence-corrected chi connectivity index (χ3v) is 10.7.